The summed E-state index contributed by atoms with van der Waals surface area (Å²) in [5.41, 5.74) is 0. The third-order valence-corrected chi connectivity index (χ3v) is 2.13. The van der Waals surface area contributed by atoms with E-state index in [-0.39, 0.29) is 11.8 Å². The van der Waals surface area contributed by atoms with Crippen molar-refractivity contribution in [1.29, 1.82) is 0 Å². The lowest BCUT2D eigenvalue weighted by molar-refractivity contribution is -0.119. The molecule has 0 saturated heterocycles. The first kappa shape index (κ1) is 13.9. The fraction of sp³-hybridized carbons (Fsp3) is 0.818. The Morgan fingerprint density at radius 1 is 1.33 bits per heavy atom. The molecule has 0 aliphatic heterocycles. The summed E-state index contributed by atoms with van der Waals surface area (Å²) in [6.45, 7) is 5.94. The van der Waals surface area contributed by atoms with Gasteiger partial charge in [-0.1, -0.05) is 20.8 Å². The fourth-order valence-electron chi connectivity index (χ4n) is 1.41. The van der Waals surface area contributed by atoms with Crippen molar-refractivity contribution in [2.75, 3.05) is 7.11 Å². The lowest BCUT2D eigenvalue weighted by Crippen LogP contribution is -2.37. The summed E-state index contributed by atoms with van der Waals surface area (Å²) in [6.07, 6.45) is 1.23. The molecule has 0 fully saturated rings. The Labute approximate surface area is 91.4 Å². The summed E-state index contributed by atoms with van der Waals surface area (Å²) >= 11 is 0. The Morgan fingerprint density at radius 2 is 1.93 bits per heavy atom. The van der Waals surface area contributed by atoms with Crippen LogP contribution in [-0.2, 0) is 9.53 Å². The van der Waals surface area contributed by atoms with E-state index in [0.717, 1.165) is 6.42 Å². The first-order valence-corrected chi connectivity index (χ1v) is 5.35. The van der Waals surface area contributed by atoms with Gasteiger partial charge in [0.25, 0.3) is 0 Å². The lowest BCUT2D eigenvalue weighted by atomic mass is 9.99. The van der Waals surface area contributed by atoms with Gasteiger partial charge in [0.1, 0.15) is 5.78 Å². The summed E-state index contributed by atoms with van der Waals surface area (Å²) < 4.78 is 4.52. The Balaban J connectivity index is 4.17. The highest BCUT2D eigenvalue weighted by Gasteiger charge is 2.16. The molecule has 4 nitrogen and oxygen atoms in total. The molecule has 1 atom stereocenters. The number of ether oxygens (including phenoxy) is 1. The van der Waals surface area contributed by atoms with E-state index < -0.39 is 6.09 Å². The summed E-state index contributed by atoms with van der Waals surface area (Å²) in [5.74, 6) is 0.605. The number of carbonyl (C=O) groups excluding carboxylic acids is 2. The zero-order valence-electron chi connectivity index (χ0n) is 10.0. The van der Waals surface area contributed by atoms with Crippen LogP contribution in [0.1, 0.15) is 40.0 Å². The quantitative estimate of drug-likeness (QED) is 0.738. The van der Waals surface area contributed by atoms with Crippen LogP contribution in [0.25, 0.3) is 0 Å². The second-order valence-corrected chi connectivity index (χ2v) is 4.06. The first-order valence-electron chi connectivity index (χ1n) is 5.35. The van der Waals surface area contributed by atoms with E-state index in [9.17, 15) is 9.59 Å². The Kier molecular flexibility index (Phi) is 6.75. The van der Waals surface area contributed by atoms with E-state index in [2.05, 4.69) is 23.9 Å². The highest BCUT2D eigenvalue weighted by molar-refractivity contribution is 5.79. The minimum absolute atomic E-state index is 0.107. The number of methoxy groups -OCH3 is 1. The molecule has 0 saturated carbocycles. The molecule has 0 spiro atoms. The van der Waals surface area contributed by atoms with Gasteiger partial charge >= 0.3 is 6.09 Å². The number of Topliss-reactive ketones (excluding diaryl/α,β-unsaturated/α-hetero) is 1. The predicted molar refractivity (Wildman–Crippen MR) is 58.7 cm³/mol. The normalized spacial score (nSPS) is 12.3. The summed E-state index contributed by atoms with van der Waals surface area (Å²) in [5, 5.41) is 2.68. The molecule has 1 amide bonds. The van der Waals surface area contributed by atoms with E-state index in [1.54, 1.807) is 0 Å². The van der Waals surface area contributed by atoms with Crippen molar-refractivity contribution in [2.45, 2.75) is 46.1 Å². The zero-order valence-corrected chi connectivity index (χ0v) is 10.0. The molecule has 0 aliphatic rings. The van der Waals surface area contributed by atoms with Crippen LogP contribution in [-0.4, -0.2) is 25.0 Å². The number of ketones is 1. The van der Waals surface area contributed by atoms with Gasteiger partial charge in [0.15, 0.2) is 0 Å². The van der Waals surface area contributed by atoms with Gasteiger partial charge in [-0.05, 0) is 12.3 Å². The maximum atomic E-state index is 11.3. The second kappa shape index (κ2) is 7.26. The van der Waals surface area contributed by atoms with Crippen LogP contribution >= 0.6 is 0 Å². The van der Waals surface area contributed by atoms with Gasteiger partial charge in [0.2, 0.25) is 0 Å². The monoisotopic (exact) mass is 215 g/mol. The van der Waals surface area contributed by atoms with Crippen molar-refractivity contribution in [2.24, 2.45) is 5.92 Å². The summed E-state index contributed by atoms with van der Waals surface area (Å²) in [6, 6.07) is -0.107. The van der Waals surface area contributed by atoms with Crippen LogP contribution in [0.4, 0.5) is 4.79 Å². The average molecular weight is 215 g/mol. The molecule has 4 heteroatoms. The zero-order chi connectivity index (χ0) is 11.8. The van der Waals surface area contributed by atoms with Crippen LogP contribution < -0.4 is 5.32 Å². The van der Waals surface area contributed by atoms with Gasteiger partial charge in [0, 0.05) is 18.9 Å². The van der Waals surface area contributed by atoms with Crippen molar-refractivity contribution in [3.8, 4) is 0 Å². The maximum Gasteiger partial charge on any atom is 0.407 e. The Morgan fingerprint density at radius 3 is 2.33 bits per heavy atom. The predicted octanol–water partition coefficient (Wildman–Crippen LogP) is 2.13. The van der Waals surface area contributed by atoms with Crippen LogP contribution in [0, 0.1) is 5.92 Å². The molecule has 0 aliphatic carbocycles. The van der Waals surface area contributed by atoms with Gasteiger partial charge in [-0.2, -0.15) is 0 Å². The van der Waals surface area contributed by atoms with Gasteiger partial charge in [-0.3, -0.25) is 4.79 Å². The molecule has 0 bridgehead atoms. The molecule has 0 heterocycles. The number of rotatable bonds is 6. The van der Waals surface area contributed by atoms with Gasteiger partial charge in [-0.25, -0.2) is 4.79 Å². The van der Waals surface area contributed by atoms with Crippen molar-refractivity contribution in [3.05, 3.63) is 0 Å². The third-order valence-electron chi connectivity index (χ3n) is 2.13. The molecule has 0 aromatic heterocycles. The number of amides is 1. The molecule has 0 rings (SSSR count). The maximum absolute atomic E-state index is 11.3. The number of carbonyl (C=O) groups is 2. The standard InChI is InChI=1S/C11H21NO3/c1-5-10(13)7-9(6-8(2)3)12-11(14)15-4/h8-9H,5-7H2,1-4H3,(H,12,14). The molecule has 0 radical (unpaired) electrons. The smallest absolute Gasteiger partial charge is 0.407 e. The van der Waals surface area contributed by atoms with Gasteiger partial charge in [0.05, 0.1) is 7.11 Å². The van der Waals surface area contributed by atoms with E-state index in [0.29, 0.717) is 18.8 Å². The lowest BCUT2D eigenvalue weighted by Gasteiger charge is -2.18. The molecule has 0 aromatic rings. The molecule has 88 valence electrons. The number of hydrogen-bond acceptors (Lipinski definition) is 3. The fourth-order valence-corrected chi connectivity index (χ4v) is 1.41. The number of nitrogens with one attached hydrogen (secondary N) is 1. The van der Waals surface area contributed by atoms with E-state index in [1.807, 2.05) is 6.92 Å². The molecular weight excluding hydrogens is 194 g/mol. The van der Waals surface area contributed by atoms with Crippen LogP contribution in [0.3, 0.4) is 0 Å². The van der Waals surface area contributed by atoms with Gasteiger partial charge in [-0.15, -0.1) is 0 Å². The molecule has 15 heavy (non-hydrogen) atoms. The topological polar surface area (TPSA) is 55.4 Å². The van der Waals surface area contributed by atoms with E-state index >= 15 is 0 Å². The van der Waals surface area contributed by atoms with Gasteiger partial charge < -0.3 is 10.1 Å². The van der Waals surface area contributed by atoms with Crippen LogP contribution in [0.15, 0.2) is 0 Å². The molecule has 1 unspecified atom stereocenters. The molecular formula is C11H21NO3. The highest BCUT2D eigenvalue weighted by atomic mass is 16.5. The minimum Gasteiger partial charge on any atom is -0.453 e. The van der Waals surface area contributed by atoms with Crippen molar-refractivity contribution in [1.82, 2.24) is 5.32 Å². The number of hydrogen-bond donors (Lipinski definition) is 1. The van der Waals surface area contributed by atoms with E-state index in [4.69, 9.17) is 0 Å². The van der Waals surface area contributed by atoms with Crippen LogP contribution in [0.2, 0.25) is 0 Å². The van der Waals surface area contributed by atoms with Crippen molar-refractivity contribution in [3.63, 3.8) is 0 Å². The molecule has 1 N–H and O–H groups in total. The SMILES string of the molecule is CCC(=O)CC(CC(C)C)NC(=O)OC. The summed E-state index contributed by atoms with van der Waals surface area (Å²) in [7, 11) is 1.32. The second-order valence-electron chi connectivity index (χ2n) is 4.06. The average Bonchev–Trinajstić information content (AvgIpc) is 2.16. The van der Waals surface area contributed by atoms with Crippen molar-refractivity contribution < 1.29 is 14.3 Å². The Hall–Kier alpha value is -1.06. The van der Waals surface area contributed by atoms with E-state index in [1.165, 1.54) is 7.11 Å². The Bertz CT molecular complexity index is 196. The third kappa shape index (κ3) is 6.94. The largest absolute Gasteiger partial charge is 0.453 e. The highest BCUT2D eigenvalue weighted by Crippen LogP contribution is 2.09. The van der Waals surface area contributed by atoms with Crippen molar-refractivity contribution >= 4 is 11.9 Å². The minimum atomic E-state index is -0.468. The summed E-state index contributed by atoms with van der Waals surface area (Å²) in [4.78, 5) is 22.3. The first-order chi connectivity index (χ1) is 6.99. The molecule has 0 aromatic carbocycles. The number of alkyl carbamates (subject to hydrolysis) is 1. The van der Waals surface area contributed by atoms with Crippen LogP contribution in [0.5, 0.6) is 0 Å².